The maximum Gasteiger partial charge on any atom is 0.426 e. The fourth-order valence-electron chi connectivity index (χ4n) is 1.62. The number of hydrogen-bond donors (Lipinski definition) is 1. The number of nitrogens with one attached hydrogen (secondary N) is 1. The van der Waals surface area contributed by atoms with E-state index in [9.17, 15) is 23.3 Å². The smallest absolute Gasteiger partial charge is 0.410 e. The van der Waals surface area contributed by atoms with Crippen molar-refractivity contribution in [2.75, 3.05) is 0 Å². The van der Waals surface area contributed by atoms with Gasteiger partial charge in [-0.25, -0.2) is 17.9 Å². The molecule has 0 bridgehead atoms. The van der Waals surface area contributed by atoms with Crippen LogP contribution in [0.4, 0.5) is 10.5 Å². The average Bonchev–Trinajstić information content (AvgIpc) is 2.47. The number of sulfonamides is 1. The Morgan fingerprint density at radius 2 is 1.64 bits per heavy atom. The molecule has 114 valence electrons. The number of nitro benzene ring substituents is 1. The molecule has 0 aromatic heterocycles. The minimum Gasteiger partial charge on any atom is -0.410 e. The van der Waals surface area contributed by atoms with Gasteiger partial charge in [-0.15, -0.1) is 0 Å². The fraction of sp³-hybridized carbons (Fsp3) is 0. The Morgan fingerprint density at radius 3 is 2.27 bits per heavy atom. The van der Waals surface area contributed by atoms with Crippen molar-refractivity contribution in [1.29, 1.82) is 0 Å². The minimum absolute atomic E-state index is 0.137. The molecule has 0 spiro atoms. The fourth-order valence-corrected chi connectivity index (χ4v) is 2.66. The van der Waals surface area contributed by atoms with E-state index in [2.05, 4.69) is 0 Å². The first-order valence-electron chi connectivity index (χ1n) is 5.93. The second-order valence-electron chi connectivity index (χ2n) is 4.03. The van der Waals surface area contributed by atoms with Gasteiger partial charge in [0, 0.05) is 6.07 Å². The van der Waals surface area contributed by atoms with E-state index >= 15 is 0 Å². The Morgan fingerprint density at radius 1 is 1.05 bits per heavy atom. The molecule has 0 aliphatic rings. The zero-order valence-electron chi connectivity index (χ0n) is 11.0. The maximum absolute atomic E-state index is 12.0. The maximum atomic E-state index is 12.0. The third-order valence-electron chi connectivity index (χ3n) is 2.52. The molecule has 0 aliphatic carbocycles. The van der Waals surface area contributed by atoms with Crippen LogP contribution in [-0.4, -0.2) is 19.4 Å². The van der Waals surface area contributed by atoms with E-state index in [1.807, 2.05) is 0 Å². The Kier molecular flexibility index (Phi) is 4.37. The molecule has 9 heteroatoms. The van der Waals surface area contributed by atoms with Gasteiger partial charge in [-0.1, -0.05) is 30.3 Å². The normalized spacial score (nSPS) is 10.7. The van der Waals surface area contributed by atoms with Crippen molar-refractivity contribution in [2.45, 2.75) is 4.90 Å². The Hall–Kier alpha value is -2.94. The molecule has 2 aromatic carbocycles. The molecule has 0 heterocycles. The molecule has 2 aromatic rings. The van der Waals surface area contributed by atoms with Crippen LogP contribution in [0.3, 0.4) is 0 Å². The number of nitro groups is 1. The van der Waals surface area contributed by atoms with E-state index in [1.54, 1.807) is 22.9 Å². The summed E-state index contributed by atoms with van der Waals surface area (Å²) in [5, 5.41) is 10.8. The van der Waals surface area contributed by atoms with Crippen molar-refractivity contribution < 1.29 is 22.9 Å². The van der Waals surface area contributed by atoms with Crippen LogP contribution in [-0.2, 0) is 10.0 Å². The quantitative estimate of drug-likeness (QED) is 0.680. The van der Waals surface area contributed by atoms with Gasteiger partial charge in [-0.2, -0.15) is 0 Å². The van der Waals surface area contributed by atoms with E-state index in [4.69, 9.17) is 4.74 Å². The summed E-state index contributed by atoms with van der Waals surface area (Å²) in [4.78, 5) is 21.0. The van der Waals surface area contributed by atoms with Crippen molar-refractivity contribution in [3.63, 3.8) is 0 Å². The molecule has 1 N–H and O–H groups in total. The Bertz CT molecular complexity index is 804. The number of carbonyl (C=O) groups is 1. The number of para-hydroxylation sites is 2. The number of rotatable bonds is 4. The molecular formula is C13H10N2O6S. The first kappa shape index (κ1) is 15.4. The van der Waals surface area contributed by atoms with Gasteiger partial charge in [0.1, 0.15) is 5.75 Å². The van der Waals surface area contributed by atoms with Gasteiger partial charge >= 0.3 is 6.09 Å². The second kappa shape index (κ2) is 6.22. The summed E-state index contributed by atoms with van der Waals surface area (Å²) in [6.45, 7) is 0. The van der Waals surface area contributed by atoms with Gasteiger partial charge in [0.15, 0.2) is 4.90 Å². The van der Waals surface area contributed by atoms with Crippen LogP contribution < -0.4 is 9.46 Å². The van der Waals surface area contributed by atoms with Crippen molar-refractivity contribution in [2.24, 2.45) is 0 Å². The van der Waals surface area contributed by atoms with Crippen molar-refractivity contribution in [1.82, 2.24) is 4.72 Å². The van der Waals surface area contributed by atoms with Gasteiger partial charge < -0.3 is 4.74 Å². The number of nitrogens with zero attached hydrogens (tertiary/aromatic N) is 1. The predicted octanol–water partition coefficient (Wildman–Crippen LogP) is 2.07. The SMILES string of the molecule is O=C(NS(=O)(=O)c1ccccc1[N+](=O)[O-])Oc1ccccc1. The first-order valence-corrected chi connectivity index (χ1v) is 7.41. The zero-order chi connectivity index (χ0) is 16.2. The lowest BCUT2D eigenvalue weighted by molar-refractivity contribution is -0.387. The molecule has 2 rings (SSSR count). The number of amides is 1. The van der Waals surface area contributed by atoms with E-state index in [0.717, 1.165) is 12.1 Å². The summed E-state index contributed by atoms with van der Waals surface area (Å²) in [6, 6.07) is 12.5. The highest BCUT2D eigenvalue weighted by Gasteiger charge is 2.27. The largest absolute Gasteiger partial charge is 0.426 e. The topological polar surface area (TPSA) is 116 Å². The summed E-state index contributed by atoms with van der Waals surface area (Å²) in [6.07, 6.45) is -1.26. The third-order valence-corrected chi connectivity index (χ3v) is 3.88. The van der Waals surface area contributed by atoms with Gasteiger partial charge in [0.2, 0.25) is 0 Å². The molecular weight excluding hydrogens is 312 g/mol. The zero-order valence-corrected chi connectivity index (χ0v) is 11.8. The molecule has 8 nitrogen and oxygen atoms in total. The van der Waals surface area contributed by atoms with Crippen LogP contribution in [0.5, 0.6) is 5.75 Å². The highest BCUT2D eigenvalue weighted by Crippen LogP contribution is 2.22. The minimum atomic E-state index is -4.42. The average molecular weight is 322 g/mol. The number of hydrogen-bond acceptors (Lipinski definition) is 6. The monoisotopic (exact) mass is 322 g/mol. The molecule has 0 radical (unpaired) electrons. The highest BCUT2D eigenvalue weighted by molar-refractivity contribution is 7.90. The van der Waals surface area contributed by atoms with Crippen molar-refractivity contribution in [3.05, 3.63) is 64.7 Å². The van der Waals surface area contributed by atoms with Crippen LogP contribution >= 0.6 is 0 Å². The standard InChI is InChI=1S/C13H10N2O6S/c16-13(21-10-6-2-1-3-7-10)14-22(19,20)12-9-5-4-8-11(12)15(17)18/h1-9H,(H,14,16). The molecule has 0 atom stereocenters. The Balaban J connectivity index is 2.21. The molecule has 0 fully saturated rings. The third kappa shape index (κ3) is 3.58. The summed E-state index contributed by atoms with van der Waals surface area (Å²) in [7, 11) is -4.42. The summed E-state index contributed by atoms with van der Waals surface area (Å²) < 4.78 is 30.5. The van der Waals surface area contributed by atoms with Crippen molar-refractivity contribution >= 4 is 21.8 Å². The molecule has 1 amide bonds. The Labute approximate surface area is 125 Å². The van der Waals surface area contributed by atoms with E-state index in [0.29, 0.717) is 0 Å². The van der Waals surface area contributed by atoms with Gasteiger partial charge in [0.05, 0.1) is 4.92 Å². The molecule has 0 unspecified atom stereocenters. The summed E-state index contributed by atoms with van der Waals surface area (Å²) >= 11 is 0. The molecule has 0 aliphatic heterocycles. The van der Waals surface area contributed by atoms with Crippen LogP contribution in [0.25, 0.3) is 0 Å². The number of benzene rings is 2. The van der Waals surface area contributed by atoms with Crippen LogP contribution in [0.2, 0.25) is 0 Å². The molecule has 22 heavy (non-hydrogen) atoms. The highest BCUT2D eigenvalue weighted by atomic mass is 32.2. The van der Waals surface area contributed by atoms with Crippen molar-refractivity contribution in [3.8, 4) is 5.75 Å². The lowest BCUT2D eigenvalue weighted by Crippen LogP contribution is -2.33. The number of ether oxygens (including phenoxy) is 1. The predicted molar refractivity (Wildman–Crippen MR) is 75.9 cm³/mol. The summed E-state index contributed by atoms with van der Waals surface area (Å²) in [5.74, 6) is 0.137. The van der Waals surface area contributed by atoms with Crippen LogP contribution in [0.1, 0.15) is 0 Å². The lowest BCUT2D eigenvalue weighted by Gasteiger charge is -2.07. The molecule has 0 saturated heterocycles. The van der Waals surface area contributed by atoms with Gasteiger partial charge in [-0.3, -0.25) is 10.1 Å². The lowest BCUT2D eigenvalue weighted by atomic mass is 10.3. The first-order chi connectivity index (χ1) is 10.4. The number of carbonyl (C=O) groups excluding carboxylic acids is 1. The van der Waals surface area contributed by atoms with E-state index < -0.39 is 31.6 Å². The van der Waals surface area contributed by atoms with Gasteiger partial charge in [-0.05, 0) is 18.2 Å². The van der Waals surface area contributed by atoms with Crippen LogP contribution in [0, 0.1) is 10.1 Å². The van der Waals surface area contributed by atoms with E-state index in [1.165, 1.54) is 24.3 Å². The van der Waals surface area contributed by atoms with Gasteiger partial charge in [0.25, 0.3) is 15.7 Å². The molecule has 0 saturated carbocycles. The van der Waals surface area contributed by atoms with E-state index in [-0.39, 0.29) is 5.75 Å². The van der Waals surface area contributed by atoms with Crippen LogP contribution in [0.15, 0.2) is 59.5 Å². The second-order valence-corrected chi connectivity index (χ2v) is 5.68. The summed E-state index contributed by atoms with van der Waals surface area (Å²) in [5.41, 5.74) is -0.637.